The molecule has 1 atom stereocenters. The smallest absolute Gasteiger partial charge is 0.410 e. The average molecular weight is 328 g/mol. The fourth-order valence-corrected chi connectivity index (χ4v) is 3.69. The number of rotatable bonds is 1. The van der Waals surface area contributed by atoms with Gasteiger partial charge in [0.25, 0.3) is 5.91 Å². The quantitative estimate of drug-likeness (QED) is 0.799. The second kappa shape index (κ2) is 5.22. The number of ether oxygens (including phenoxy) is 1. The number of likely N-dealkylation sites (tertiary alicyclic amines) is 1. The fourth-order valence-electron chi connectivity index (χ4n) is 3.69. The van der Waals surface area contributed by atoms with Crippen LogP contribution in [0.5, 0.6) is 0 Å². The van der Waals surface area contributed by atoms with E-state index in [1.165, 1.54) is 0 Å². The summed E-state index contributed by atoms with van der Waals surface area (Å²) in [5.41, 5.74) is 1.67. The summed E-state index contributed by atoms with van der Waals surface area (Å²) in [6.45, 7) is 3.59. The molecule has 2 aliphatic rings. The summed E-state index contributed by atoms with van der Waals surface area (Å²) in [5, 5.41) is 0. The third kappa shape index (κ3) is 2.31. The molecule has 7 nitrogen and oxygen atoms in total. The van der Waals surface area contributed by atoms with Crippen molar-refractivity contribution >= 4 is 17.6 Å². The van der Waals surface area contributed by atoms with Gasteiger partial charge in [-0.3, -0.25) is 4.79 Å². The molecule has 0 saturated carbocycles. The Bertz CT molecular complexity index is 830. The zero-order valence-electron chi connectivity index (χ0n) is 13.9. The Morgan fingerprint density at radius 3 is 2.92 bits per heavy atom. The first-order valence-corrected chi connectivity index (χ1v) is 8.15. The molecular weight excluding hydrogens is 308 g/mol. The normalized spacial score (nSPS) is 24.0. The average Bonchev–Trinajstić information content (AvgIpc) is 3.09. The van der Waals surface area contributed by atoms with E-state index in [9.17, 15) is 9.59 Å². The highest BCUT2D eigenvalue weighted by Crippen LogP contribution is 2.32. The van der Waals surface area contributed by atoms with Crippen molar-refractivity contribution < 1.29 is 14.3 Å². The van der Waals surface area contributed by atoms with Gasteiger partial charge in [-0.05, 0) is 31.4 Å². The number of aromatic nitrogens is 2. The van der Waals surface area contributed by atoms with Gasteiger partial charge in [0, 0.05) is 26.0 Å². The molecule has 0 aromatic carbocycles. The Hall–Kier alpha value is -2.57. The first-order valence-electron chi connectivity index (χ1n) is 8.15. The van der Waals surface area contributed by atoms with Crippen molar-refractivity contribution in [2.45, 2.75) is 25.4 Å². The number of pyridine rings is 1. The van der Waals surface area contributed by atoms with E-state index in [1.54, 1.807) is 23.0 Å². The lowest BCUT2D eigenvalue weighted by molar-refractivity contribution is -0.00538. The van der Waals surface area contributed by atoms with E-state index in [0.29, 0.717) is 25.3 Å². The van der Waals surface area contributed by atoms with E-state index in [4.69, 9.17) is 4.74 Å². The number of fused-ring (bicyclic) bond motifs is 1. The van der Waals surface area contributed by atoms with Crippen LogP contribution in [0, 0.1) is 6.92 Å². The van der Waals surface area contributed by atoms with Gasteiger partial charge in [-0.25, -0.2) is 9.78 Å². The maximum Gasteiger partial charge on any atom is 0.410 e. The van der Waals surface area contributed by atoms with Gasteiger partial charge in [0.05, 0.1) is 13.1 Å². The Morgan fingerprint density at radius 2 is 2.21 bits per heavy atom. The molecular formula is C17H20N4O3. The standard InChI is InChI=1S/C17H20N4O3/c1-12-5-3-7-20-9-13(18-14(12)20)15(22)21-8-4-6-17(11-21)10-19(2)16(23)24-17/h3,5,7,9H,4,6,8,10-11H2,1-2H3/t17-/m1/s1. The lowest BCUT2D eigenvalue weighted by Crippen LogP contribution is -2.52. The van der Waals surface area contributed by atoms with Gasteiger partial charge >= 0.3 is 6.09 Å². The van der Waals surface area contributed by atoms with Gasteiger partial charge in [0.1, 0.15) is 16.9 Å². The van der Waals surface area contributed by atoms with E-state index in [0.717, 1.165) is 24.1 Å². The molecule has 0 bridgehead atoms. The molecule has 24 heavy (non-hydrogen) atoms. The molecule has 7 heteroatoms. The molecule has 2 aromatic rings. The maximum atomic E-state index is 12.9. The third-order valence-electron chi connectivity index (χ3n) is 4.86. The summed E-state index contributed by atoms with van der Waals surface area (Å²) in [6, 6.07) is 3.91. The summed E-state index contributed by atoms with van der Waals surface area (Å²) in [4.78, 5) is 32.4. The van der Waals surface area contributed by atoms with E-state index in [-0.39, 0.29) is 12.0 Å². The predicted molar refractivity (Wildman–Crippen MR) is 86.9 cm³/mol. The van der Waals surface area contributed by atoms with Gasteiger partial charge in [-0.1, -0.05) is 6.07 Å². The van der Waals surface area contributed by atoms with Crippen LogP contribution in [0.2, 0.25) is 0 Å². The van der Waals surface area contributed by atoms with Gasteiger partial charge < -0.3 is 18.9 Å². The van der Waals surface area contributed by atoms with E-state index < -0.39 is 5.60 Å². The van der Waals surface area contributed by atoms with Gasteiger partial charge in [0.2, 0.25) is 0 Å². The highest BCUT2D eigenvalue weighted by molar-refractivity contribution is 5.93. The molecule has 126 valence electrons. The minimum absolute atomic E-state index is 0.109. The van der Waals surface area contributed by atoms with Crippen LogP contribution < -0.4 is 0 Å². The first kappa shape index (κ1) is 15.0. The molecule has 2 amide bonds. The number of amides is 2. The summed E-state index contributed by atoms with van der Waals surface area (Å²) in [5.74, 6) is -0.109. The fraction of sp³-hybridized carbons (Fsp3) is 0.471. The van der Waals surface area contributed by atoms with Crippen molar-refractivity contribution in [2.24, 2.45) is 0 Å². The van der Waals surface area contributed by atoms with Crippen molar-refractivity contribution in [3.05, 3.63) is 35.8 Å². The number of hydrogen-bond donors (Lipinski definition) is 0. The van der Waals surface area contributed by atoms with Gasteiger partial charge in [-0.15, -0.1) is 0 Å². The van der Waals surface area contributed by atoms with Gasteiger partial charge in [-0.2, -0.15) is 0 Å². The molecule has 2 saturated heterocycles. The van der Waals surface area contributed by atoms with Crippen LogP contribution in [0.15, 0.2) is 24.5 Å². The minimum Gasteiger partial charge on any atom is -0.439 e. The maximum absolute atomic E-state index is 12.9. The number of piperidine rings is 1. The number of nitrogens with zero attached hydrogens (tertiary/aromatic N) is 4. The van der Waals surface area contributed by atoms with Gasteiger partial charge in [0.15, 0.2) is 0 Å². The lowest BCUT2D eigenvalue weighted by Gasteiger charge is -2.38. The number of likely N-dealkylation sites (N-methyl/N-ethyl adjacent to an activating group) is 1. The molecule has 4 heterocycles. The molecule has 0 unspecified atom stereocenters. The third-order valence-corrected chi connectivity index (χ3v) is 4.86. The highest BCUT2D eigenvalue weighted by Gasteiger charge is 2.47. The van der Waals surface area contributed by atoms with Crippen LogP contribution in [0.1, 0.15) is 28.9 Å². The SMILES string of the molecule is Cc1cccn2cc(C(=O)N3CCC[C@@]4(CN(C)C(=O)O4)C3)nc12. The van der Waals surface area contributed by atoms with Crippen molar-refractivity contribution in [3.63, 3.8) is 0 Å². The number of carbonyl (C=O) groups excluding carboxylic acids is 2. The largest absolute Gasteiger partial charge is 0.439 e. The molecule has 1 spiro atoms. The summed E-state index contributed by atoms with van der Waals surface area (Å²) in [6.07, 6.45) is 4.94. The van der Waals surface area contributed by atoms with Crippen LogP contribution >= 0.6 is 0 Å². The number of carbonyl (C=O) groups is 2. The van der Waals surface area contributed by atoms with Crippen LogP contribution in [-0.4, -0.2) is 63.5 Å². The topological polar surface area (TPSA) is 67.2 Å². The van der Waals surface area contributed by atoms with Crippen molar-refractivity contribution in [2.75, 3.05) is 26.7 Å². The monoisotopic (exact) mass is 328 g/mol. The summed E-state index contributed by atoms with van der Waals surface area (Å²) in [7, 11) is 1.72. The second-order valence-electron chi connectivity index (χ2n) is 6.79. The summed E-state index contributed by atoms with van der Waals surface area (Å²) >= 11 is 0. The Kier molecular flexibility index (Phi) is 3.26. The number of aryl methyl sites for hydroxylation is 1. The number of hydrogen-bond acceptors (Lipinski definition) is 4. The molecule has 0 aliphatic carbocycles. The Labute approximate surface area is 139 Å². The molecule has 0 N–H and O–H groups in total. The van der Waals surface area contributed by atoms with E-state index in [1.807, 2.05) is 29.7 Å². The van der Waals surface area contributed by atoms with E-state index >= 15 is 0 Å². The lowest BCUT2D eigenvalue weighted by atomic mass is 9.92. The van der Waals surface area contributed by atoms with Crippen LogP contribution in [-0.2, 0) is 4.74 Å². The van der Waals surface area contributed by atoms with E-state index in [2.05, 4.69) is 4.98 Å². The van der Waals surface area contributed by atoms with Crippen molar-refractivity contribution in [3.8, 4) is 0 Å². The highest BCUT2D eigenvalue weighted by atomic mass is 16.6. The molecule has 0 radical (unpaired) electrons. The Morgan fingerprint density at radius 1 is 1.38 bits per heavy atom. The molecule has 2 fully saturated rings. The zero-order chi connectivity index (χ0) is 16.9. The van der Waals surface area contributed by atoms with Crippen LogP contribution in [0.4, 0.5) is 4.79 Å². The Balaban J connectivity index is 1.59. The number of imidazole rings is 1. The van der Waals surface area contributed by atoms with Crippen molar-refractivity contribution in [1.29, 1.82) is 0 Å². The minimum atomic E-state index is -0.575. The first-order chi connectivity index (χ1) is 11.5. The predicted octanol–water partition coefficient (Wildman–Crippen LogP) is 1.70. The second-order valence-corrected chi connectivity index (χ2v) is 6.79. The zero-order valence-corrected chi connectivity index (χ0v) is 13.9. The van der Waals surface area contributed by atoms with Crippen LogP contribution in [0.3, 0.4) is 0 Å². The molecule has 4 rings (SSSR count). The molecule has 2 aliphatic heterocycles. The summed E-state index contributed by atoms with van der Waals surface area (Å²) < 4.78 is 7.43. The van der Waals surface area contributed by atoms with Crippen molar-refractivity contribution in [1.82, 2.24) is 19.2 Å². The molecule has 2 aromatic heterocycles. The van der Waals surface area contributed by atoms with Crippen LogP contribution in [0.25, 0.3) is 5.65 Å².